The number of Topliss-reactive ketones (excluding diaryl/α,β-unsaturated/α-hetero) is 1. The Labute approximate surface area is 166 Å². The molecule has 1 aliphatic carbocycles. The summed E-state index contributed by atoms with van der Waals surface area (Å²) in [6, 6.07) is 11.3. The molecule has 2 aromatic heterocycles. The number of carbonyl (C=O) groups is 1. The van der Waals surface area contributed by atoms with E-state index in [-0.39, 0.29) is 23.2 Å². The van der Waals surface area contributed by atoms with E-state index < -0.39 is 0 Å². The Morgan fingerprint density at radius 2 is 2.11 bits per heavy atom. The van der Waals surface area contributed by atoms with Gasteiger partial charge < -0.3 is 15.1 Å². The SMILES string of the molecule is CC1(C)C=C2NC(Nc3nc4ccccc4s3)=NC(c3ccco3)C2C(=O)C1. The first-order chi connectivity index (χ1) is 13.5. The summed E-state index contributed by atoms with van der Waals surface area (Å²) in [5, 5.41) is 7.38. The van der Waals surface area contributed by atoms with Crippen molar-refractivity contribution in [2.45, 2.75) is 26.3 Å². The number of rotatable bonds is 2. The Balaban J connectivity index is 1.54. The van der Waals surface area contributed by atoms with E-state index in [0.717, 1.165) is 21.0 Å². The third-order valence-electron chi connectivity index (χ3n) is 5.06. The molecular weight excluding hydrogens is 372 g/mol. The number of para-hydroxylation sites is 1. The van der Waals surface area contributed by atoms with Gasteiger partial charge in [-0.05, 0) is 29.7 Å². The van der Waals surface area contributed by atoms with Gasteiger partial charge in [-0.2, -0.15) is 0 Å². The maximum atomic E-state index is 12.9. The topological polar surface area (TPSA) is 79.5 Å². The van der Waals surface area contributed by atoms with Crippen molar-refractivity contribution in [2.75, 3.05) is 5.32 Å². The molecule has 7 heteroatoms. The number of hydrogen-bond donors (Lipinski definition) is 2. The zero-order chi connectivity index (χ0) is 19.3. The van der Waals surface area contributed by atoms with Crippen LogP contribution in [0.25, 0.3) is 10.2 Å². The van der Waals surface area contributed by atoms with Crippen molar-refractivity contribution in [3.8, 4) is 0 Å². The second-order valence-electron chi connectivity index (χ2n) is 7.88. The zero-order valence-electron chi connectivity index (χ0n) is 15.6. The molecule has 0 spiro atoms. The maximum Gasteiger partial charge on any atom is 0.202 e. The van der Waals surface area contributed by atoms with Gasteiger partial charge in [0.2, 0.25) is 5.96 Å². The second-order valence-corrected chi connectivity index (χ2v) is 8.91. The number of benzene rings is 1. The van der Waals surface area contributed by atoms with Crippen molar-refractivity contribution in [3.05, 3.63) is 60.2 Å². The van der Waals surface area contributed by atoms with Gasteiger partial charge in [0.25, 0.3) is 0 Å². The van der Waals surface area contributed by atoms with Gasteiger partial charge in [-0.1, -0.05) is 43.4 Å². The molecule has 2 atom stereocenters. The Morgan fingerprint density at radius 1 is 1.25 bits per heavy atom. The minimum atomic E-state index is -0.386. The standard InChI is InChI=1S/C21H20N4O2S/c1-21(2)10-13-17(14(26)11-21)18(15-7-5-9-27-15)24-19(22-13)25-20-23-12-6-3-4-8-16(12)28-20/h3-10,17-18H,11H2,1-2H3,(H2,22,23,24,25). The Hall–Kier alpha value is -2.93. The van der Waals surface area contributed by atoms with Gasteiger partial charge in [0.15, 0.2) is 5.13 Å². The van der Waals surface area contributed by atoms with Gasteiger partial charge in [-0.3, -0.25) is 4.79 Å². The van der Waals surface area contributed by atoms with E-state index in [1.165, 1.54) is 0 Å². The normalized spacial score (nSPS) is 23.6. The minimum Gasteiger partial charge on any atom is -0.467 e. The molecule has 1 aliphatic heterocycles. The highest BCUT2D eigenvalue weighted by molar-refractivity contribution is 7.22. The number of fused-ring (bicyclic) bond motifs is 2. The van der Waals surface area contributed by atoms with Crippen LogP contribution < -0.4 is 10.6 Å². The smallest absolute Gasteiger partial charge is 0.202 e. The molecule has 0 bridgehead atoms. The number of ketones is 1. The summed E-state index contributed by atoms with van der Waals surface area (Å²) >= 11 is 1.57. The number of nitrogens with one attached hydrogen (secondary N) is 2. The number of furan rings is 1. The molecule has 3 heterocycles. The summed E-state index contributed by atoms with van der Waals surface area (Å²) < 4.78 is 6.72. The lowest BCUT2D eigenvalue weighted by Crippen LogP contribution is -2.45. The molecular formula is C21H20N4O2S. The second kappa shape index (κ2) is 6.31. The molecule has 2 aliphatic rings. The van der Waals surface area contributed by atoms with Crippen LogP contribution in [0.3, 0.4) is 0 Å². The van der Waals surface area contributed by atoms with Crippen molar-refractivity contribution in [3.63, 3.8) is 0 Å². The van der Waals surface area contributed by atoms with E-state index in [0.29, 0.717) is 18.1 Å². The van der Waals surface area contributed by atoms with Crippen LogP contribution in [0.15, 0.2) is 63.8 Å². The molecule has 28 heavy (non-hydrogen) atoms. The average molecular weight is 392 g/mol. The van der Waals surface area contributed by atoms with Gasteiger partial charge in [-0.15, -0.1) is 0 Å². The predicted molar refractivity (Wildman–Crippen MR) is 110 cm³/mol. The van der Waals surface area contributed by atoms with Gasteiger partial charge in [0.1, 0.15) is 17.6 Å². The average Bonchev–Trinajstić information content (AvgIpc) is 3.29. The predicted octanol–water partition coefficient (Wildman–Crippen LogP) is 4.50. The summed E-state index contributed by atoms with van der Waals surface area (Å²) in [4.78, 5) is 22.3. The molecule has 2 N–H and O–H groups in total. The van der Waals surface area contributed by atoms with E-state index in [9.17, 15) is 4.79 Å². The fourth-order valence-corrected chi connectivity index (χ4v) is 4.78. The third kappa shape index (κ3) is 3.01. The third-order valence-corrected chi connectivity index (χ3v) is 6.01. The first-order valence-electron chi connectivity index (χ1n) is 9.25. The maximum absolute atomic E-state index is 12.9. The molecule has 142 valence electrons. The highest BCUT2D eigenvalue weighted by atomic mass is 32.1. The van der Waals surface area contributed by atoms with Crippen molar-refractivity contribution < 1.29 is 9.21 Å². The number of guanidine groups is 1. The van der Waals surface area contributed by atoms with Crippen LogP contribution in [-0.2, 0) is 4.79 Å². The first kappa shape index (κ1) is 17.2. The van der Waals surface area contributed by atoms with Gasteiger partial charge >= 0.3 is 0 Å². The Bertz CT molecular complexity index is 1080. The van der Waals surface area contributed by atoms with Crippen LogP contribution in [0.2, 0.25) is 0 Å². The van der Waals surface area contributed by atoms with Gasteiger partial charge in [0.05, 0.1) is 22.4 Å². The highest BCUT2D eigenvalue weighted by Crippen LogP contribution is 2.42. The molecule has 5 rings (SSSR count). The number of allylic oxidation sites excluding steroid dienone is 1. The number of thiazole rings is 1. The molecule has 0 amide bonds. The fourth-order valence-electron chi connectivity index (χ4n) is 3.91. The van der Waals surface area contributed by atoms with Gasteiger partial charge in [0, 0.05) is 12.1 Å². The lowest BCUT2D eigenvalue weighted by atomic mass is 9.73. The number of aromatic nitrogens is 1. The summed E-state index contributed by atoms with van der Waals surface area (Å²) in [5.41, 5.74) is 1.63. The largest absolute Gasteiger partial charge is 0.467 e. The van der Waals surface area contributed by atoms with Crippen molar-refractivity contribution in [1.82, 2.24) is 10.3 Å². The Morgan fingerprint density at radius 3 is 2.89 bits per heavy atom. The molecule has 0 saturated heterocycles. The lowest BCUT2D eigenvalue weighted by molar-refractivity contribution is -0.124. The quantitative estimate of drug-likeness (QED) is 0.671. The molecule has 6 nitrogen and oxygen atoms in total. The summed E-state index contributed by atoms with van der Waals surface area (Å²) in [7, 11) is 0. The first-order valence-corrected chi connectivity index (χ1v) is 10.1. The van der Waals surface area contributed by atoms with E-state index in [1.807, 2.05) is 36.4 Å². The van der Waals surface area contributed by atoms with E-state index in [4.69, 9.17) is 9.41 Å². The van der Waals surface area contributed by atoms with E-state index >= 15 is 0 Å². The molecule has 2 unspecified atom stereocenters. The van der Waals surface area contributed by atoms with E-state index in [1.54, 1.807) is 17.6 Å². The molecule has 1 aromatic carbocycles. The minimum absolute atomic E-state index is 0.180. The van der Waals surface area contributed by atoms with Gasteiger partial charge in [-0.25, -0.2) is 9.98 Å². The molecule has 0 saturated carbocycles. The van der Waals surface area contributed by atoms with E-state index in [2.05, 4.69) is 35.5 Å². The summed E-state index contributed by atoms with van der Waals surface area (Å²) in [6.07, 6.45) is 4.26. The van der Waals surface area contributed by atoms with Crippen molar-refractivity contribution in [1.29, 1.82) is 0 Å². The zero-order valence-corrected chi connectivity index (χ0v) is 16.4. The van der Waals surface area contributed by atoms with Crippen molar-refractivity contribution in [2.24, 2.45) is 16.3 Å². The summed E-state index contributed by atoms with van der Waals surface area (Å²) in [6.45, 7) is 4.15. The van der Waals surface area contributed by atoms with Crippen LogP contribution in [0.4, 0.5) is 5.13 Å². The number of anilines is 1. The number of nitrogens with zero attached hydrogens (tertiary/aromatic N) is 2. The summed E-state index contributed by atoms with van der Waals surface area (Å²) in [5.74, 6) is 1.10. The molecule has 3 aromatic rings. The number of carbonyl (C=O) groups excluding carboxylic acids is 1. The van der Waals surface area contributed by atoms with Crippen LogP contribution in [0, 0.1) is 11.3 Å². The van der Waals surface area contributed by atoms with Crippen LogP contribution >= 0.6 is 11.3 Å². The molecule has 0 radical (unpaired) electrons. The van der Waals surface area contributed by atoms with Crippen LogP contribution in [-0.4, -0.2) is 16.7 Å². The van der Waals surface area contributed by atoms with Crippen LogP contribution in [0.1, 0.15) is 32.1 Å². The van der Waals surface area contributed by atoms with Crippen LogP contribution in [0.5, 0.6) is 0 Å². The lowest BCUT2D eigenvalue weighted by Gasteiger charge is -2.38. The highest BCUT2D eigenvalue weighted by Gasteiger charge is 2.43. The fraction of sp³-hybridized carbons (Fsp3) is 0.286. The number of hydrogen-bond acceptors (Lipinski definition) is 7. The molecule has 0 fully saturated rings. The Kier molecular flexibility index (Phi) is 3.87. The monoisotopic (exact) mass is 392 g/mol. The van der Waals surface area contributed by atoms with Crippen molar-refractivity contribution >= 4 is 38.4 Å². The number of aliphatic imine (C=N–C) groups is 1.